The molecule has 0 aliphatic carbocycles. The van der Waals surface area contributed by atoms with Gasteiger partial charge in [0.05, 0.1) is 32.1 Å². The number of carboxylic acids is 1. The maximum absolute atomic E-state index is 12.6. The SMILES string of the molecule is O=C(O)CC1COCCN1C(=O)Cc1c[nH]c2ccc(Cl)cc12. The lowest BCUT2D eigenvalue weighted by Gasteiger charge is -2.34. The summed E-state index contributed by atoms with van der Waals surface area (Å²) in [5, 5.41) is 10.5. The third-order valence-corrected chi connectivity index (χ3v) is 4.26. The fraction of sp³-hybridized carbons (Fsp3) is 0.375. The highest BCUT2D eigenvalue weighted by Crippen LogP contribution is 2.24. The van der Waals surface area contributed by atoms with Crippen LogP contribution in [0, 0.1) is 0 Å². The van der Waals surface area contributed by atoms with Gasteiger partial charge in [0.25, 0.3) is 0 Å². The van der Waals surface area contributed by atoms with Gasteiger partial charge in [-0.25, -0.2) is 0 Å². The summed E-state index contributed by atoms with van der Waals surface area (Å²) in [6.45, 7) is 1.11. The van der Waals surface area contributed by atoms with Crippen LogP contribution in [0.15, 0.2) is 24.4 Å². The van der Waals surface area contributed by atoms with Gasteiger partial charge in [0.1, 0.15) is 0 Å². The minimum absolute atomic E-state index is 0.0968. The highest BCUT2D eigenvalue weighted by atomic mass is 35.5. The first-order valence-electron chi connectivity index (χ1n) is 7.39. The Morgan fingerprint density at radius 3 is 3.04 bits per heavy atom. The van der Waals surface area contributed by atoms with Crippen LogP contribution in [-0.2, 0) is 20.7 Å². The van der Waals surface area contributed by atoms with Crippen LogP contribution in [0.1, 0.15) is 12.0 Å². The number of hydrogen-bond acceptors (Lipinski definition) is 3. The summed E-state index contributed by atoms with van der Waals surface area (Å²) >= 11 is 6.02. The van der Waals surface area contributed by atoms with E-state index in [1.165, 1.54) is 0 Å². The van der Waals surface area contributed by atoms with Crippen molar-refractivity contribution in [3.8, 4) is 0 Å². The molecule has 6 nitrogen and oxygen atoms in total. The third-order valence-electron chi connectivity index (χ3n) is 4.03. The molecule has 1 saturated heterocycles. The van der Waals surface area contributed by atoms with Crippen LogP contribution in [0.4, 0.5) is 0 Å². The topological polar surface area (TPSA) is 82.6 Å². The van der Waals surface area contributed by atoms with Gasteiger partial charge in [-0.15, -0.1) is 0 Å². The second-order valence-electron chi connectivity index (χ2n) is 5.59. The van der Waals surface area contributed by atoms with E-state index in [9.17, 15) is 9.59 Å². The van der Waals surface area contributed by atoms with E-state index in [1.54, 1.807) is 17.2 Å². The normalized spacial score (nSPS) is 18.3. The Morgan fingerprint density at radius 1 is 1.43 bits per heavy atom. The van der Waals surface area contributed by atoms with E-state index in [1.807, 2.05) is 12.1 Å². The first kappa shape index (κ1) is 15.8. The molecule has 2 N–H and O–H groups in total. The molecule has 3 rings (SSSR count). The minimum atomic E-state index is -0.933. The Kier molecular flexibility index (Phi) is 4.54. The summed E-state index contributed by atoms with van der Waals surface area (Å²) in [7, 11) is 0. The molecule has 122 valence electrons. The van der Waals surface area contributed by atoms with Crippen LogP contribution in [0.25, 0.3) is 10.9 Å². The van der Waals surface area contributed by atoms with Gasteiger partial charge in [-0.05, 0) is 23.8 Å². The van der Waals surface area contributed by atoms with Gasteiger partial charge in [-0.1, -0.05) is 11.6 Å². The molecule has 1 atom stereocenters. The summed E-state index contributed by atoms with van der Waals surface area (Å²) in [4.78, 5) is 28.3. The zero-order valence-electron chi connectivity index (χ0n) is 12.4. The zero-order valence-corrected chi connectivity index (χ0v) is 13.2. The largest absolute Gasteiger partial charge is 0.481 e. The number of carboxylic acid groups (broad SMARTS) is 1. The lowest BCUT2D eigenvalue weighted by molar-refractivity contribution is -0.145. The summed E-state index contributed by atoms with van der Waals surface area (Å²) in [6, 6.07) is 5.07. The molecule has 1 aliphatic heterocycles. The molecule has 23 heavy (non-hydrogen) atoms. The minimum Gasteiger partial charge on any atom is -0.481 e. The van der Waals surface area contributed by atoms with Gasteiger partial charge in [-0.2, -0.15) is 0 Å². The van der Waals surface area contributed by atoms with E-state index < -0.39 is 12.0 Å². The second kappa shape index (κ2) is 6.60. The standard InChI is InChI=1S/C16H17ClN2O4/c17-11-1-2-14-13(6-11)10(8-18-14)5-15(20)19-3-4-23-9-12(19)7-16(21)22/h1-2,6,8,12,18H,3-5,7,9H2,(H,21,22). The molecule has 0 saturated carbocycles. The highest BCUT2D eigenvalue weighted by molar-refractivity contribution is 6.31. The number of ether oxygens (including phenoxy) is 1. The average molecular weight is 337 g/mol. The van der Waals surface area contributed by atoms with Gasteiger partial charge < -0.3 is 19.7 Å². The molecule has 1 amide bonds. The Balaban J connectivity index is 1.78. The molecular formula is C16H17ClN2O4. The first-order valence-corrected chi connectivity index (χ1v) is 7.77. The molecule has 7 heteroatoms. The van der Waals surface area contributed by atoms with Crippen molar-refractivity contribution < 1.29 is 19.4 Å². The number of nitrogens with one attached hydrogen (secondary N) is 1. The Bertz CT molecular complexity index is 743. The average Bonchev–Trinajstić information content (AvgIpc) is 2.89. The number of aromatic amines is 1. The Hall–Kier alpha value is -2.05. The molecule has 2 heterocycles. The zero-order chi connectivity index (χ0) is 16.4. The van der Waals surface area contributed by atoms with Crippen LogP contribution in [0.5, 0.6) is 0 Å². The number of rotatable bonds is 4. The molecule has 0 bridgehead atoms. The number of carbonyl (C=O) groups excluding carboxylic acids is 1. The summed E-state index contributed by atoms with van der Waals surface area (Å²) < 4.78 is 5.30. The maximum Gasteiger partial charge on any atom is 0.305 e. The molecule has 1 unspecified atom stereocenters. The summed E-state index contributed by atoms with van der Waals surface area (Å²) in [5.74, 6) is -1.03. The third kappa shape index (κ3) is 3.48. The van der Waals surface area contributed by atoms with Gasteiger partial charge in [-0.3, -0.25) is 9.59 Å². The van der Waals surface area contributed by atoms with Crippen LogP contribution in [0.3, 0.4) is 0 Å². The number of carbonyl (C=O) groups is 2. The molecule has 0 radical (unpaired) electrons. The Labute approximate surface area is 138 Å². The lowest BCUT2D eigenvalue weighted by atomic mass is 10.1. The number of morpholine rings is 1. The number of hydrogen-bond donors (Lipinski definition) is 2. The molecule has 1 aromatic carbocycles. The van der Waals surface area contributed by atoms with Crippen LogP contribution in [-0.4, -0.2) is 52.7 Å². The van der Waals surface area contributed by atoms with Crippen molar-refractivity contribution in [2.75, 3.05) is 19.8 Å². The molecule has 2 aromatic rings. The predicted octanol–water partition coefficient (Wildman–Crippen LogP) is 2.07. The van der Waals surface area contributed by atoms with Gasteiger partial charge in [0, 0.05) is 28.7 Å². The number of aliphatic carboxylic acids is 1. The number of halogens is 1. The molecule has 1 fully saturated rings. The van der Waals surface area contributed by atoms with Crippen LogP contribution >= 0.6 is 11.6 Å². The van der Waals surface area contributed by atoms with Crippen molar-refractivity contribution in [1.82, 2.24) is 9.88 Å². The van der Waals surface area contributed by atoms with E-state index in [4.69, 9.17) is 21.4 Å². The van der Waals surface area contributed by atoms with E-state index in [0.717, 1.165) is 16.5 Å². The fourth-order valence-electron chi connectivity index (χ4n) is 2.92. The van der Waals surface area contributed by atoms with Gasteiger partial charge in [0.15, 0.2) is 0 Å². The maximum atomic E-state index is 12.6. The summed E-state index contributed by atoms with van der Waals surface area (Å²) in [5.41, 5.74) is 1.77. The van der Waals surface area contributed by atoms with Crippen LogP contribution < -0.4 is 0 Å². The fourth-order valence-corrected chi connectivity index (χ4v) is 3.09. The van der Waals surface area contributed by atoms with Gasteiger partial charge in [0.2, 0.25) is 5.91 Å². The second-order valence-corrected chi connectivity index (χ2v) is 6.03. The smallest absolute Gasteiger partial charge is 0.305 e. The van der Waals surface area contributed by atoms with Crippen LogP contribution in [0.2, 0.25) is 5.02 Å². The predicted molar refractivity (Wildman–Crippen MR) is 85.6 cm³/mol. The molecule has 0 spiro atoms. The van der Waals surface area contributed by atoms with E-state index in [-0.39, 0.29) is 25.4 Å². The number of nitrogens with zero attached hydrogens (tertiary/aromatic N) is 1. The first-order chi connectivity index (χ1) is 11.0. The van der Waals surface area contributed by atoms with Gasteiger partial charge >= 0.3 is 5.97 Å². The quantitative estimate of drug-likeness (QED) is 0.895. The molecular weight excluding hydrogens is 320 g/mol. The molecule has 1 aromatic heterocycles. The number of H-pyrrole nitrogens is 1. The Morgan fingerprint density at radius 2 is 2.26 bits per heavy atom. The van der Waals surface area contributed by atoms with E-state index in [0.29, 0.717) is 18.2 Å². The number of amides is 1. The molecule has 1 aliphatic rings. The highest BCUT2D eigenvalue weighted by Gasteiger charge is 2.29. The van der Waals surface area contributed by atoms with Crippen molar-refractivity contribution in [1.29, 1.82) is 0 Å². The van der Waals surface area contributed by atoms with Crippen molar-refractivity contribution in [2.24, 2.45) is 0 Å². The van der Waals surface area contributed by atoms with Crippen molar-refractivity contribution in [3.05, 3.63) is 35.0 Å². The number of aromatic nitrogens is 1. The van der Waals surface area contributed by atoms with Crippen molar-refractivity contribution in [2.45, 2.75) is 18.9 Å². The van der Waals surface area contributed by atoms with E-state index in [2.05, 4.69) is 4.98 Å². The number of benzene rings is 1. The lowest BCUT2D eigenvalue weighted by Crippen LogP contribution is -2.50. The summed E-state index contributed by atoms with van der Waals surface area (Å²) in [6.07, 6.45) is 1.90. The monoisotopic (exact) mass is 336 g/mol. The van der Waals surface area contributed by atoms with E-state index >= 15 is 0 Å². The van der Waals surface area contributed by atoms with Crippen molar-refractivity contribution >= 4 is 34.4 Å². The van der Waals surface area contributed by atoms with Crippen molar-refractivity contribution in [3.63, 3.8) is 0 Å². The number of fused-ring (bicyclic) bond motifs is 1.